The zero-order valence-electron chi connectivity index (χ0n) is 13.1. The van der Waals surface area contributed by atoms with Crippen LogP contribution in [0.5, 0.6) is 0 Å². The fourth-order valence-electron chi connectivity index (χ4n) is 2.24. The number of methoxy groups -OCH3 is 2. The number of esters is 2. The monoisotopic (exact) mass is 379 g/mol. The lowest BCUT2D eigenvalue weighted by Crippen LogP contribution is -2.39. The lowest BCUT2D eigenvalue weighted by atomic mass is 10.1. The number of carbonyl (C=O) groups excluding carboxylic acids is 2. The maximum atomic E-state index is 12.8. The van der Waals surface area contributed by atoms with Crippen LogP contribution in [0.1, 0.15) is 5.56 Å². The van der Waals surface area contributed by atoms with Crippen LogP contribution in [0.25, 0.3) is 0 Å². The molecule has 1 heterocycles. The second-order valence-electron chi connectivity index (χ2n) is 4.88. The van der Waals surface area contributed by atoms with Gasteiger partial charge in [0, 0.05) is 0 Å². The molecule has 6 nitrogen and oxygen atoms in total. The number of halogens is 4. The normalized spacial score (nSPS) is 15.2. The number of ether oxygens (including phenoxy) is 3. The van der Waals surface area contributed by atoms with Gasteiger partial charge < -0.3 is 19.1 Å². The van der Waals surface area contributed by atoms with Crippen molar-refractivity contribution in [3.8, 4) is 0 Å². The Bertz CT molecular complexity index is 732. The molecule has 0 spiro atoms. The zero-order valence-corrected chi connectivity index (χ0v) is 13.9. The van der Waals surface area contributed by atoms with Crippen LogP contribution >= 0.6 is 11.6 Å². The van der Waals surface area contributed by atoms with Crippen molar-refractivity contribution in [3.63, 3.8) is 0 Å². The van der Waals surface area contributed by atoms with Gasteiger partial charge >= 0.3 is 18.1 Å². The van der Waals surface area contributed by atoms with Crippen LogP contribution in [0, 0.1) is 0 Å². The SMILES string of the molecule is COC(=O)C1=C(C(=O)OC)N(c2ccc(C(F)(F)F)cc2Cl)COC1. The molecular weight excluding hydrogens is 367 g/mol. The first kappa shape index (κ1) is 19.1. The van der Waals surface area contributed by atoms with E-state index in [9.17, 15) is 22.8 Å². The first-order chi connectivity index (χ1) is 11.7. The maximum absolute atomic E-state index is 12.8. The topological polar surface area (TPSA) is 65.1 Å². The van der Waals surface area contributed by atoms with Crippen molar-refractivity contribution < 1.29 is 37.0 Å². The minimum absolute atomic E-state index is 0.0520. The number of rotatable bonds is 3. The Morgan fingerprint density at radius 3 is 2.36 bits per heavy atom. The van der Waals surface area contributed by atoms with Crippen molar-refractivity contribution in [3.05, 3.63) is 40.1 Å². The standard InChI is InChI=1S/C15H13ClF3NO5/c1-23-13(21)9-6-25-7-20(12(9)14(22)24-2)11-4-3-8(5-10(11)16)15(17,18)19/h3-5H,6-7H2,1-2H3. The van der Waals surface area contributed by atoms with E-state index in [0.717, 1.165) is 37.3 Å². The Morgan fingerprint density at radius 1 is 1.20 bits per heavy atom. The molecule has 0 saturated heterocycles. The average molecular weight is 380 g/mol. The zero-order chi connectivity index (χ0) is 18.8. The molecule has 1 aliphatic rings. The maximum Gasteiger partial charge on any atom is 0.416 e. The number of carbonyl (C=O) groups is 2. The van der Waals surface area contributed by atoms with Crippen molar-refractivity contribution in [2.75, 3.05) is 32.5 Å². The molecule has 1 aromatic carbocycles. The molecule has 0 N–H and O–H groups in total. The first-order valence-electron chi connectivity index (χ1n) is 6.82. The third kappa shape index (κ3) is 3.88. The first-order valence-corrected chi connectivity index (χ1v) is 7.20. The molecule has 2 rings (SSSR count). The second-order valence-corrected chi connectivity index (χ2v) is 5.29. The molecule has 0 aliphatic carbocycles. The van der Waals surface area contributed by atoms with Crippen LogP contribution in [0.3, 0.4) is 0 Å². The van der Waals surface area contributed by atoms with Crippen LogP contribution in [0.15, 0.2) is 29.5 Å². The molecular formula is C15H13ClF3NO5. The minimum Gasteiger partial charge on any atom is -0.466 e. The fourth-order valence-corrected chi connectivity index (χ4v) is 2.52. The molecule has 10 heteroatoms. The van der Waals surface area contributed by atoms with Crippen LogP contribution < -0.4 is 4.90 Å². The van der Waals surface area contributed by atoms with Gasteiger partial charge in [0.2, 0.25) is 0 Å². The van der Waals surface area contributed by atoms with Crippen molar-refractivity contribution in [1.82, 2.24) is 0 Å². The molecule has 136 valence electrons. The van der Waals surface area contributed by atoms with Crippen molar-refractivity contribution in [1.29, 1.82) is 0 Å². The summed E-state index contributed by atoms with van der Waals surface area (Å²) in [6, 6.07) is 2.61. The number of nitrogens with zero attached hydrogens (tertiary/aromatic N) is 1. The van der Waals surface area contributed by atoms with Crippen LogP contribution in [-0.4, -0.2) is 39.5 Å². The highest BCUT2D eigenvalue weighted by molar-refractivity contribution is 6.33. The highest BCUT2D eigenvalue weighted by Crippen LogP contribution is 2.37. The van der Waals surface area contributed by atoms with E-state index in [2.05, 4.69) is 9.47 Å². The molecule has 25 heavy (non-hydrogen) atoms. The molecule has 0 saturated carbocycles. The summed E-state index contributed by atoms with van der Waals surface area (Å²) in [5.74, 6) is -1.70. The van der Waals surface area contributed by atoms with E-state index in [-0.39, 0.29) is 35.3 Å². The third-order valence-electron chi connectivity index (χ3n) is 3.40. The average Bonchev–Trinajstić information content (AvgIpc) is 2.58. The predicted octanol–water partition coefficient (Wildman–Crippen LogP) is 2.75. The van der Waals surface area contributed by atoms with Gasteiger partial charge in [0.05, 0.1) is 42.7 Å². The van der Waals surface area contributed by atoms with Crippen molar-refractivity contribution in [2.24, 2.45) is 0 Å². The van der Waals surface area contributed by atoms with Gasteiger partial charge in [0.1, 0.15) is 12.4 Å². The van der Waals surface area contributed by atoms with Gasteiger partial charge in [-0.2, -0.15) is 13.2 Å². The van der Waals surface area contributed by atoms with E-state index in [4.69, 9.17) is 16.3 Å². The van der Waals surface area contributed by atoms with E-state index >= 15 is 0 Å². The molecule has 0 fully saturated rings. The summed E-state index contributed by atoms with van der Waals surface area (Å²) in [4.78, 5) is 25.1. The van der Waals surface area contributed by atoms with Crippen LogP contribution in [0.2, 0.25) is 5.02 Å². The number of benzene rings is 1. The molecule has 1 aromatic rings. The molecule has 1 aliphatic heterocycles. The quantitative estimate of drug-likeness (QED) is 0.752. The Labute approximate surface area is 145 Å². The highest BCUT2D eigenvalue weighted by atomic mass is 35.5. The Kier molecular flexibility index (Phi) is 5.58. The Hall–Kier alpha value is -2.26. The second kappa shape index (κ2) is 7.32. The van der Waals surface area contributed by atoms with Crippen molar-refractivity contribution in [2.45, 2.75) is 6.18 Å². The lowest BCUT2D eigenvalue weighted by molar-refractivity contribution is -0.140. The van der Waals surface area contributed by atoms with Crippen LogP contribution in [0.4, 0.5) is 18.9 Å². The Balaban J connectivity index is 2.56. The number of anilines is 1. The Morgan fingerprint density at radius 2 is 1.84 bits per heavy atom. The third-order valence-corrected chi connectivity index (χ3v) is 3.70. The summed E-state index contributed by atoms with van der Waals surface area (Å²) in [7, 11) is 2.22. The minimum atomic E-state index is -4.57. The van der Waals surface area contributed by atoms with Gasteiger partial charge in [0.15, 0.2) is 0 Å². The van der Waals surface area contributed by atoms with E-state index < -0.39 is 23.7 Å². The van der Waals surface area contributed by atoms with Crippen LogP contribution in [-0.2, 0) is 30.0 Å². The lowest BCUT2D eigenvalue weighted by Gasteiger charge is -2.32. The van der Waals surface area contributed by atoms with Gasteiger partial charge in [-0.05, 0) is 18.2 Å². The molecule has 0 amide bonds. The smallest absolute Gasteiger partial charge is 0.416 e. The molecule has 0 radical (unpaired) electrons. The summed E-state index contributed by atoms with van der Waals surface area (Å²) < 4.78 is 52.8. The number of hydrogen-bond acceptors (Lipinski definition) is 6. The largest absolute Gasteiger partial charge is 0.466 e. The number of alkyl halides is 3. The van der Waals surface area contributed by atoms with Gasteiger partial charge in [-0.25, -0.2) is 9.59 Å². The summed E-state index contributed by atoms with van der Waals surface area (Å²) >= 11 is 5.96. The summed E-state index contributed by atoms with van der Waals surface area (Å²) in [6.07, 6.45) is -4.57. The van der Waals surface area contributed by atoms with Gasteiger partial charge in [-0.1, -0.05) is 11.6 Å². The molecule has 0 aromatic heterocycles. The van der Waals surface area contributed by atoms with Gasteiger partial charge in [-0.15, -0.1) is 0 Å². The fraction of sp³-hybridized carbons (Fsp3) is 0.333. The predicted molar refractivity (Wildman–Crippen MR) is 80.8 cm³/mol. The summed E-state index contributed by atoms with van der Waals surface area (Å²) in [5.41, 5.74) is -1.23. The molecule has 0 unspecified atom stereocenters. The number of hydrogen-bond donors (Lipinski definition) is 0. The molecule has 0 atom stereocenters. The molecule has 0 bridgehead atoms. The van der Waals surface area contributed by atoms with E-state index in [1.54, 1.807) is 0 Å². The van der Waals surface area contributed by atoms with Gasteiger partial charge in [0.25, 0.3) is 0 Å². The highest BCUT2D eigenvalue weighted by Gasteiger charge is 2.35. The van der Waals surface area contributed by atoms with Crippen molar-refractivity contribution >= 4 is 29.2 Å². The van der Waals surface area contributed by atoms with E-state index in [0.29, 0.717) is 0 Å². The van der Waals surface area contributed by atoms with Gasteiger partial charge in [-0.3, -0.25) is 0 Å². The summed E-state index contributed by atoms with van der Waals surface area (Å²) in [6.45, 7) is -0.429. The summed E-state index contributed by atoms with van der Waals surface area (Å²) in [5, 5.41) is -0.272. The van der Waals surface area contributed by atoms with E-state index in [1.165, 1.54) is 0 Å². The van der Waals surface area contributed by atoms with E-state index in [1.807, 2.05) is 0 Å².